The second-order valence-corrected chi connectivity index (χ2v) is 4.44. The van der Waals surface area contributed by atoms with Crippen LogP contribution in [0.5, 0.6) is 0 Å². The molecule has 0 radical (unpaired) electrons. The van der Waals surface area contributed by atoms with Gasteiger partial charge in [-0.25, -0.2) is 0 Å². The van der Waals surface area contributed by atoms with Crippen molar-refractivity contribution in [1.29, 1.82) is 0 Å². The molecule has 3 atom stereocenters. The highest BCUT2D eigenvalue weighted by Crippen LogP contribution is 2.23. The van der Waals surface area contributed by atoms with Crippen LogP contribution in [-0.4, -0.2) is 12.1 Å². The molecule has 1 saturated carbocycles. The second kappa shape index (κ2) is 4.86. The average molecular weight is 169 g/mol. The molecule has 1 aliphatic carbocycles. The van der Waals surface area contributed by atoms with E-state index in [4.69, 9.17) is 0 Å². The molecular formula is C11H23N. The highest BCUT2D eigenvalue weighted by molar-refractivity contribution is 4.77. The maximum atomic E-state index is 3.70. The molecule has 1 heteroatoms. The van der Waals surface area contributed by atoms with Crippen molar-refractivity contribution in [1.82, 2.24) is 5.32 Å². The largest absolute Gasteiger partial charge is 0.312 e. The first-order valence-electron chi connectivity index (χ1n) is 5.48. The van der Waals surface area contributed by atoms with E-state index >= 15 is 0 Å². The minimum Gasteiger partial charge on any atom is -0.312 e. The summed E-state index contributed by atoms with van der Waals surface area (Å²) < 4.78 is 0. The highest BCUT2D eigenvalue weighted by atomic mass is 14.9. The molecule has 12 heavy (non-hydrogen) atoms. The molecule has 0 bridgehead atoms. The summed E-state index contributed by atoms with van der Waals surface area (Å²) in [7, 11) is 0. The van der Waals surface area contributed by atoms with Crippen molar-refractivity contribution in [3.8, 4) is 0 Å². The van der Waals surface area contributed by atoms with Crippen LogP contribution in [0.4, 0.5) is 0 Å². The van der Waals surface area contributed by atoms with Gasteiger partial charge in [-0.1, -0.05) is 26.7 Å². The summed E-state index contributed by atoms with van der Waals surface area (Å²) in [6.45, 7) is 6.92. The van der Waals surface area contributed by atoms with Crippen LogP contribution in [0.1, 0.15) is 52.9 Å². The molecule has 0 amide bonds. The molecule has 0 spiro atoms. The van der Waals surface area contributed by atoms with E-state index in [1.807, 2.05) is 0 Å². The summed E-state index contributed by atoms with van der Waals surface area (Å²) in [5.41, 5.74) is 0. The Labute approximate surface area is 76.9 Å². The normalized spacial score (nSPS) is 33.2. The monoisotopic (exact) mass is 169 g/mol. The van der Waals surface area contributed by atoms with E-state index in [1.54, 1.807) is 0 Å². The van der Waals surface area contributed by atoms with E-state index in [-0.39, 0.29) is 0 Å². The zero-order valence-corrected chi connectivity index (χ0v) is 8.77. The molecule has 72 valence electrons. The van der Waals surface area contributed by atoms with Crippen LogP contribution in [0.2, 0.25) is 0 Å². The number of hydrogen-bond acceptors (Lipinski definition) is 1. The maximum absolute atomic E-state index is 3.70. The van der Waals surface area contributed by atoms with Gasteiger partial charge in [0.2, 0.25) is 0 Å². The minimum absolute atomic E-state index is 0.709. The van der Waals surface area contributed by atoms with Crippen molar-refractivity contribution >= 4 is 0 Å². The van der Waals surface area contributed by atoms with Gasteiger partial charge >= 0.3 is 0 Å². The molecule has 0 unspecified atom stereocenters. The van der Waals surface area contributed by atoms with E-state index in [0.717, 1.165) is 12.0 Å². The van der Waals surface area contributed by atoms with E-state index in [1.165, 1.54) is 32.1 Å². The first-order valence-corrected chi connectivity index (χ1v) is 5.48. The van der Waals surface area contributed by atoms with E-state index in [2.05, 4.69) is 26.1 Å². The van der Waals surface area contributed by atoms with Crippen LogP contribution in [0.3, 0.4) is 0 Å². The lowest BCUT2D eigenvalue weighted by Gasteiger charge is -2.29. The lowest BCUT2D eigenvalue weighted by Crippen LogP contribution is -2.39. The minimum atomic E-state index is 0.709. The van der Waals surface area contributed by atoms with Gasteiger partial charge in [-0.2, -0.15) is 0 Å². The van der Waals surface area contributed by atoms with Crippen LogP contribution in [-0.2, 0) is 0 Å². The molecule has 0 heterocycles. The Kier molecular flexibility index (Phi) is 4.07. The number of nitrogens with one attached hydrogen (secondary N) is 1. The summed E-state index contributed by atoms with van der Waals surface area (Å²) >= 11 is 0. The van der Waals surface area contributed by atoms with Crippen molar-refractivity contribution in [3.63, 3.8) is 0 Å². The predicted octanol–water partition coefficient (Wildman–Crippen LogP) is 2.95. The van der Waals surface area contributed by atoms with Gasteiger partial charge in [0, 0.05) is 12.1 Å². The Hall–Kier alpha value is -0.0400. The first kappa shape index (κ1) is 10.0. The topological polar surface area (TPSA) is 12.0 Å². The molecule has 0 aromatic carbocycles. The second-order valence-electron chi connectivity index (χ2n) is 4.44. The average Bonchev–Trinajstić information content (AvgIpc) is 2.04. The summed E-state index contributed by atoms with van der Waals surface area (Å²) in [5.74, 6) is 0.945. The number of hydrogen-bond donors (Lipinski definition) is 1. The van der Waals surface area contributed by atoms with E-state index < -0.39 is 0 Å². The molecule has 0 aliphatic heterocycles. The van der Waals surface area contributed by atoms with Crippen molar-refractivity contribution in [2.45, 2.75) is 65.0 Å². The van der Waals surface area contributed by atoms with Gasteiger partial charge in [0.05, 0.1) is 0 Å². The molecule has 0 aromatic heterocycles. The Bertz CT molecular complexity index is 122. The Morgan fingerprint density at radius 3 is 2.75 bits per heavy atom. The van der Waals surface area contributed by atoms with Gasteiger partial charge < -0.3 is 5.32 Å². The van der Waals surface area contributed by atoms with Crippen LogP contribution >= 0.6 is 0 Å². The van der Waals surface area contributed by atoms with Gasteiger partial charge in [-0.15, -0.1) is 0 Å². The fourth-order valence-electron chi connectivity index (χ4n) is 2.11. The van der Waals surface area contributed by atoms with Crippen LogP contribution in [0.25, 0.3) is 0 Å². The van der Waals surface area contributed by atoms with Gasteiger partial charge in [0.15, 0.2) is 0 Å². The number of rotatable bonds is 3. The summed E-state index contributed by atoms with van der Waals surface area (Å²) in [4.78, 5) is 0. The summed E-state index contributed by atoms with van der Waals surface area (Å²) in [6.07, 6.45) is 6.91. The van der Waals surface area contributed by atoms with Crippen molar-refractivity contribution in [2.24, 2.45) is 5.92 Å². The lowest BCUT2D eigenvalue weighted by molar-refractivity contribution is 0.282. The fraction of sp³-hybridized carbons (Fsp3) is 1.00. The highest BCUT2D eigenvalue weighted by Gasteiger charge is 2.19. The van der Waals surface area contributed by atoms with Crippen LogP contribution in [0.15, 0.2) is 0 Å². The van der Waals surface area contributed by atoms with Crippen molar-refractivity contribution in [3.05, 3.63) is 0 Å². The van der Waals surface area contributed by atoms with Crippen LogP contribution in [0, 0.1) is 5.92 Å². The van der Waals surface area contributed by atoms with Gasteiger partial charge in [0.25, 0.3) is 0 Å². The predicted molar refractivity (Wildman–Crippen MR) is 54.3 cm³/mol. The summed E-state index contributed by atoms with van der Waals surface area (Å²) in [5, 5.41) is 3.70. The van der Waals surface area contributed by atoms with Gasteiger partial charge in [0.1, 0.15) is 0 Å². The zero-order valence-electron chi connectivity index (χ0n) is 8.77. The van der Waals surface area contributed by atoms with Crippen molar-refractivity contribution in [2.75, 3.05) is 0 Å². The molecule has 1 aliphatic rings. The maximum Gasteiger partial charge on any atom is 0.00720 e. The third kappa shape index (κ3) is 3.14. The van der Waals surface area contributed by atoms with E-state index in [0.29, 0.717) is 6.04 Å². The van der Waals surface area contributed by atoms with Gasteiger partial charge in [-0.3, -0.25) is 0 Å². The molecule has 0 aromatic rings. The molecule has 1 N–H and O–H groups in total. The molecule has 0 saturated heterocycles. The standard InChI is InChI=1S/C11H23N/c1-4-10(3)12-11-7-5-6-9(2)8-11/h9-12H,4-8H2,1-3H3/t9-,10+,11-/m0/s1. The smallest absolute Gasteiger partial charge is 0.00720 e. The Morgan fingerprint density at radius 1 is 1.42 bits per heavy atom. The third-order valence-electron chi connectivity index (χ3n) is 3.07. The zero-order chi connectivity index (χ0) is 8.97. The Morgan fingerprint density at radius 2 is 2.17 bits per heavy atom. The van der Waals surface area contributed by atoms with Gasteiger partial charge in [-0.05, 0) is 32.1 Å². The molecular weight excluding hydrogens is 146 g/mol. The molecule has 1 nitrogen and oxygen atoms in total. The Balaban J connectivity index is 2.22. The van der Waals surface area contributed by atoms with Crippen molar-refractivity contribution < 1.29 is 0 Å². The third-order valence-corrected chi connectivity index (χ3v) is 3.07. The quantitative estimate of drug-likeness (QED) is 0.685. The first-order chi connectivity index (χ1) is 5.72. The van der Waals surface area contributed by atoms with Crippen LogP contribution < -0.4 is 5.32 Å². The van der Waals surface area contributed by atoms with E-state index in [9.17, 15) is 0 Å². The lowest BCUT2D eigenvalue weighted by atomic mass is 9.87. The SMILES string of the molecule is CC[C@@H](C)N[C@H]1CCC[C@H](C)C1. The molecule has 1 rings (SSSR count). The summed E-state index contributed by atoms with van der Waals surface area (Å²) in [6, 6.07) is 1.52. The molecule has 1 fully saturated rings. The fourth-order valence-corrected chi connectivity index (χ4v) is 2.11.